The van der Waals surface area contributed by atoms with Gasteiger partial charge in [-0.25, -0.2) is 4.98 Å². The van der Waals surface area contributed by atoms with Crippen LogP contribution in [-0.4, -0.2) is 31.6 Å². The molecule has 0 radical (unpaired) electrons. The van der Waals surface area contributed by atoms with E-state index in [0.29, 0.717) is 5.69 Å². The molecule has 0 saturated carbocycles. The van der Waals surface area contributed by atoms with E-state index in [1.165, 1.54) is 16.1 Å². The third-order valence-corrected chi connectivity index (χ3v) is 4.70. The fourth-order valence-corrected chi connectivity index (χ4v) is 3.50. The molecule has 0 saturated heterocycles. The van der Waals surface area contributed by atoms with Crippen LogP contribution in [-0.2, 0) is 17.9 Å². The van der Waals surface area contributed by atoms with Crippen LogP contribution in [0, 0.1) is 0 Å². The summed E-state index contributed by atoms with van der Waals surface area (Å²) in [6.45, 7) is 0.0721. The number of anilines is 1. The van der Waals surface area contributed by atoms with Crippen LogP contribution >= 0.6 is 11.5 Å². The summed E-state index contributed by atoms with van der Waals surface area (Å²) in [4.78, 5) is 39.8. The number of amides is 3. The van der Waals surface area contributed by atoms with Crippen molar-refractivity contribution in [2.24, 2.45) is 5.73 Å². The highest BCUT2D eigenvalue weighted by molar-refractivity contribution is 7.13. The van der Waals surface area contributed by atoms with E-state index in [1.54, 1.807) is 0 Å². The van der Waals surface area contributed by atoms with Gasteiger partial charge < -0.3 is 20.9 Å². The molecule has 3 heterocycles. The number of hydrogen-bond donors (Lipinski definition) is 3. The highest BCUT2D eigenvalue weighted by atomic mass is 32.1. The lowest BCUT2D eigenvalue weighted by molar-refractivity contribution is -0.122. The average Bonchev–Trinajstić information content (AvgIpc) is 3.16. The van der Waals surface area contributed by atoms with Gasteiger partial charge in [-0.05, 0) is 17.6 Å². The van der Waals surface area contributed by atoms with E-state index in [1.807, 2.05) is 24.3 Å². The predicted molar refractivity (Wildman–Crippen MR) is 90.2 cm³/mol. The van der Waals surface area contributed by atoms with Crippen LogP contribution < -0.4 is 16.4 Å². The van der Waals surface area contributed by atoms with Crippen LogP contribution in [0.25, 0.3) is 10.1 Å². The number of hydrogen-bond acceptors (Lipinski definition) is 6. The van der Waals surface area contributed by atoms with Crippen molar-refractivity contribution in [1.29, 1.82) is 0 Å². The van der Waals surface area contributed by atoms with Crippen molar-refractivity contribution >= 4 is 45.2 Å². The Balaban J connectivity index is 1.71. The van der Waals surface area contributed by atoms with E-state index in [2.05, 4.69) is 20.0 Å². The maximum atomic E-state index is 12.6. The van der Waals surface area contributed by atoms with E-state index < -0.39 is 11.8 Å². The lowest BCUT2D eigenvalue weighted by atomic mass is 10.2. The molecule has 4 N–H and O–H groups in total. The number of nitrogens with one attached hydrogen (secondary N) is 2. The van der Waals surface area contributed by atoms with Crippen molar-refractivity contribution in [2.75, 3.05) is 5.32 Å². The first-order valence-corrected chi connectivity index (χ1v) is 8.13. The van der Waals surface area contributed by atoms with E-state index in [4.69, 9.17) is 5.73 Å². The summed E-state index contributed by atoms with van der Waals surface area (Å²) >= 11 is 1.22. The topological polar surface area (TPSA) is 132 Å². The van der Waals surface area contributed by atoms with Crippen LogP contribution in [0.4, 0.5) is 5.82 Å². The van der Waals surface area contributed by atoms with E-state index in [0.717, 1.165) is 10.1 Å². The van der Waals surface area contributed by atoms with Gasteiger partial charge in [0.1, 0.15) is 12.2 Å². The van der Waals surface area contributed by atoms with E-state index in [9.17, 15) is 14.4 Å². The number of rotatable bonds is 3. The minimum atomic E-state index is -0.768. The molecule has 0 spiro atoms. The van der Waals surface area contributed by atoms with Gasteiger partial charge in [-0.2, -0.15) is 4.37 Å². The number of nitrogens with two attached hydrogens (primary N) is 1. The molecule has 4 rings (SSSR count). The van der Waals surface area contributed by atoms with Crippen molar-refractivity contribution in [3.05, 3.63) is 41.5 Å². The number of nitrogens with zero attached hydrogens (tertiary/aromatic N) is 3. The molecule has 0 fully saturated rings. The zero-order valence-electron chi connectivity index (χ0n) is 12.8. The molecule has 3 amide bonds. The minimum absolute atomic E-state index is 0.0664. The van der Waals surface area contributed by atoms with Crippen molar-refractivity contribution in [1.82, 2.24) is 19.2 Å². The number of fused-ring (bicyclic) bond motifs is 2. The Bertz CT molecular complexity index is 1040. The quantitative estimate of drug-likeness (QED) is 0.628. The summed E-state index contributed by atoms with van der Waals surface area (Å²) in [5.74, 6) is -1.34. The third kappa shape index (κ3) is 2.52. The van der Waals surface area contributed by atoms with Crippen molar-refractivity contribution in [3.8, 4) is 0 Å². The highest BCUT2D eigenvalue weighted by Gasteiger charge is 2.27. The maximum Gasteiger partial charge on any atom is 0.284 e. The Hall–Kier alpha value is -3.27. The molecule has 126 valence electrons. The summed E-state index contributed by atoms with van der Waals surface area (Å²) in [5, 5.41) is 6.06. The number of imidazole rings is 1. The maximum absolute atomic E-state index is 12.6. The van der Waals surface area contributed by atoms with Gasteiger partial charge in [0.15, 0.2) is 5.82 Å². The van der Waals surface area contributed by atoms with Gasteiger partial charge in [0, 0.05) is 5.39 Å². The summed E-state index contributed by atoms with van der Waals surface area (Å²) in [6, 6.07) is 7.39. The monoisotopic (exact) mass is 356 g/mol. The minimum Gasteiger partial charge on any atom is -0.363 e. The lowest BCUT2D eigenvalue weighted by Gasteiger charge is -2.17. The SMILES string of the molecule is NC(=O)c1nc(NC(=O)c2nsc3ccccc23)c2n1CC(=O)NC2. The second kappa shape index (κ2) is 5.67. The molecule has 0 aliphatic carbocycles. The van der Waals surface area contributed by atoms with Crippen molar-refractivity contribution in [2.45, 2.75) is 13.1 Å². The molecule has 9 nitrogen and oxygen atoms in total. The second-order valence-corrected chi connectivity index (χ2v) is 6.24. The molecule has 0 unspecified atom stereocenters. The molecular formula is C15H12N6O3S. The molecule has 0 bridgehead atoms. The first kappa shape index (κ1) is 15.3. The number of benzene rings is 1. The Morgan fingerprint density at radius 2 is 2.12 bits per heavy atom. The normalized spacial score (nSPS) is 13.4. The zero-order valence-corrected chi connectivity index (χ0v) is 13.6. The number of carbonyl (C=O) groups excluding carboxylic acids is 3. The van der Waals surface area contributed by atoms with Crippen LogP contribution in [0.5, 0.6) is 0 Å². The number of carbonyl (C=O) groups is 3. The fraction of sp³-hybridized carbons (Fsp3) is 0.133. The Labute approximate surface area is 145 Å². The Morgan fingerprint density at radius 3 is 2.92 bits per heavy atom. The summed E-state index contributed by atoms with van der Waals surface area (Å²) < 4.78 is 6.50. The molecule has 1 aliphatic heterocycles. The first-order valence-electron chi connectivity index (χ1n) is 7.36. The molecule has 10 heteroatoms. The first-order chi connectivity index (χ1) is 12.0. The second-order valence-electron chi connectivity index (χ2n) is 5.44. The largest absolute Gasteiger partial charge is 0.363 e. The molecule has 2 aromatic heterocycles. The van der Waals surface area contributed by atoms with E-state index in [-0.39, 0.29) is 36.3 Å². The molecule has 1 aliphatic rings. The van der Waals surface area contributed by atoms with Crippen LogP contribution in [0.15, 0.2) is 24.3 Å². The third-order valence-electron chi connectivity index (χ3n) is 3.87. The zero-order chi connectivity index (χ0) is 17.6. The van der Waals surface area contributed by atoms with Crippen molar-refractivity contribution < 1.29 is 14.4 Å². The van der Waals surface area contributed by atoms with Gasteiger partial charge in [0.05, 0.1) is 16.9 Å². The standard InChI is InChI=1S/C15H12N6O3S/c16-12(23)14-18-13(8-5-17-10(22)6-21(8)14)19-15(24)11-7-3-1-2-4-9(7)25-20-11/h1-4H,5-6H2,(H2,16,23)(H,17,22)(H,19,24). The van der Waals surface area contributed by atoms with Crippen LogP contribution in [0.2, 0.25) is 0 Å². The Kier molecular flexibility index (Phi) is 3.46. The van der Waals surface area contributed by atoms with E-state index >= 15 is 0 Å². The predicted octanol–water partition coefficient (Wildman–Crippen LogP) is 0.474. The van der Waals surface area contributed by atoms with Crippen molar-refractivity contribution in [3.63, 3.8) is 0 Å². The van der Waals surface area contributed by atoms with Gasteiger partial charge in [0.25, 0.3) is 11.8 Å². The molecule has 25 heavy (non-hydrogen) atoms. The van der Waals surface area contributed by atoms with Gasteiger partial charge >= 0.3 is 0 Å². The summed E-state index contributed by atoms with van der Waals surface area (Å²) in [7, 11) is 0. The van der Waals surface area contributed by atoms with Gasteiger partial charge in [0.2, 0.25) is 11.7 Å². The molecule has 0 atom stereocenters. The summed E-state index contributed by atoms with van der Waals surface area (Å²) in [6.07, 6.45) is 0. The smallest absolute Gasteiger partial charge is 0.284 e. The number of primary amides is 1. The molecule has 1 aromatic carbocycles. The average molecular weight is 356 g/mol. The van der Waals surface area contributed by atoms with Crippen LogP contribution in [0.3, 0.4) is 0 Å². The highest BCUT2D eigenvalue weighted by Crippen LogP contribution is 2.25. The van der Waals surface area contributed by atoms with Gasteiger partial charge in [-0.3, -0.25) is 14.4 Å². The fourth-order valence-electron chi connectivity index (χ4n) is 2.72. The molecule has 3 aromatic rings. The molecular weight excluding hydrogens is 344 g/mol. The van der Waals surface area contributed by atoms with Crippen LogP contribution in [0.1, 0.15) is 26.8 Å². The Morgan fingerprint density at radius 1 is 1.32 bits per heavy atom. The van der Waals surface area contributed by atoms with Gasteiger partial charge in [-0.1, -0.05) is 18.2 Å². The van der Waals surface area contributed by atoms with Gasteiger partial charge in [-0.15, -0.1) is 0 Å². The lowest BCUT2D eigenvalue weighted by Crippen LogP contribution is -2.36. The number of aromatic nitrogens is 3. The summed E-state index contributed by atoms with van der Waals surface area (Å²) in [5.41, 5.74) is 6.11.